The number of esters is 1. The summed E-state index contributed by atoms with van der Waals surface area (Å²) in [4.78, 5) is 37.2. The number of benzene rings is 3. The molecule has 0 bridgehead atoms. The number of para-hydroxylation sites is 1. The molecule has 178 valence electrons. The average Bonchev–Trinajstić information content (AvgIpc) is 2.86. The van der Waals surface area contributed by atoms with E-state index in [4.69, 9.17) is 13.9 Å². The Balaban J connectivity index is 1.42. The predicted octanol–water partition coefficient (Wildman–Crippen LogP) is 4.44. The molecule has 0 atom stereocenters. The van der Waals surface area contributed by atoms with Crippen molar-refractivity contribution in [2.45, 2.75) is 19.4 Å². The predicted molar refractivity (Wildman–Crippen MR) is 130 cm³/mol. The lowest BCUT2D eigenvalue weighted by Gasteiger charge is -2.12. The molecule has 1 amide bonds. The van der Waals surface area contributed by atoms with Crippen LogP contribution in [0.4, 0.5) is 5.69 Å². The maximum absolute atomic E-state index is 12.8. The Labute approximate surface area is 200 Å². The van der Waals surface area contributed by atoms with Crippen LogP contribution in [-0.2, 0) is 22.6 Å². The molecular weight excluding hydrogens is 450 g/mol. The van der Waals surface area contributed by atoms with Gasteiger partial charge >= 0.3 is 11.6 Å². The van der Waals surface area contributed by atoms with Crippen molar-refractivity contribution in [2.75, 3.05) is 12.4 Å². The first-order chi connectivity index (χ1) is 16.9. The summed E-state index contributed by atoms with van der Waals surface area (Å²) in [6, 6.07) is 19.6. The zero-order chi connectivity index (χ0) is 24.8. The average molecular weight is 473 g/mol. The van der Waals surface area contributed by atoms with E-state index in [1.165, 1.54) is 18.2 Å². The number of aromatic hydroxyl groups is 1. The van der Waals surface area contributed by atoms with Gasteiger partial charge < -0.3 is 24.3 Å². The maximum atomic E-state index is 12.8. The van der Waals surface area contributed by atoms with E-state index < -0.39 is 11.6 Å². The molecule has 4 aromatic rings. The minimum Gasteiger partial charge on any atom is -0.508 e. The van der Waals surface area contributed by atoms with Gasteiger partial charge in [-0.3, -0.25) is 4.79 Å². The number of carbonyl (C=O) groups is 2. The lowest BCUT2D eigenvalue weighted by molar-refractivity contribution is -0.116. The van der Waals surface area contributed by atoms with Crippen LogP contribution in [0.15, 0.2) is 82.0 Å². The van der Waals surface area contributed by atoms with E-state index in [-0.39, 0.29) is 35.8 Å². The van der Waals surface area contributed by atoms with Crippen LogP contribution < -0.4 is 15.7 Å². The van der Waals surface area contributed by atoms with E-state index in [1.54, 1.807) is 37.4 Å². The van der Waals surface area contributed by atoms with Crippen molar-refractivity contribution in [3.63, 3.8) is 0 Å². The third-order valence-corrected chi connectivity index (χ3v) is 5.39. The standard InChI is InChI=1S/C27H23NO7/c1-33-20-10-6-17(7-11-20)8-13-25(30)28-23-5-3-2-4-22(23)27(32)34-16-18-14-26(31)35-24-15-19(29)9-12-21(18)24/h2-7,9-12,14-15,29H,8,13,16H2,1H3,(H,28,30). The van der Waals surface area contributed by atoms with Gasteiger partial charge in [-0.05, 0) is 48.4 Å². The van der Waals surface area contributed by atoms with E-state index in [9.17, 15) is 19.5 Å². The van der Waals surface area contributed by atoms with E-state index >= 15 is 0 Å². The van der Waals surface area contributed by atoms with Crippen LogP contribution in [0.25, 0.3) is 11.0 Å². The fraction of sp³-hybridized carbons (Fsp3) is 0.148. The number of fused-ring (bicyclic) bond motifs is 1. The first-order valence-electron chi connectivity index (χ1n) is 10.9. The molecule has 1 aromatic heterocycles. The van der Waals surface area contributed by atoms with E-state index in [1.807, 2.05) is 24.3 Å². The summed E-state index contributed by atoms with van der Waals surface area (Å²) < 4.78 is 15.7. The van der Waals surface area contributed by atoms with Gasteiger partial charge in [0.05, 0.1) is 18.4 Å². The summed E-state index contributed by atoms with van der Waals surface area (Å²) in [5.74, 6) is -0.205. The van der Waals surface area contributed by atoms with Gasteiger partial charge in [-0.25, -0.2) is 9.59 Å². The number of phenols is 1. The van der Waals surface area contributed by atoms with Crippen LogP contribution in [0, 0.1) is 0 Å². The van der Waals surface area contributed by atoms with Crippen molar-refractivity contribution in [2.24, 2.45) is 0 Å². The third-order valence-electron chi connectivity index (χ3n) is 5.39. The summed E-state index contributed by atoms with van der Waals surface area (Å²) in [6.45, 7) is -0.189. The quantitative estimate of drug-likeness (QED) is 0.287. The molecule has 0 aliphatic heterocycles. The molecule has 0 aliphatic rings. The molecule has 0 saturated carbocycles. The number of rotatable bonds is 8. The molecule has 0 radical (unpaired) electrons. The first-order valence-corrected chi connectivity index (χ1v) is 10.9. The van der Waals surface area contributed by atoms with Gasteiger partial charge in [0.2, 0.25) is 5.91 Å². The summed E-state index contributed by atoms with van der Waals surface area (Å²) in [5.41, 5.74) is 1.51. The molecule has 8 nitrogen and oxygen atoms in total. The van der Waals surface area contributed by atoms with Crippen molar-refractivity contribution in [1.82, 2.24) is 0 Å². The van der Waals surface area contributed by atoms with Crippen LogP contribution in [-0.4, -0.2) is 24.1 Å². The fourth-order valence-electron chi connectivity index (χ4n) is 3.59. The number of amides is 1. The smallest absolute Gasteiger partial charge is 0.340 e. The SMILES string of the molecule is COc1ccc(CCC(=O)Nc2ccccc2C(=O)OCc2cc(=O)oc3cc(O)ccc23)cc1. The zero-order valence-electron chi connectivity index (χ0n) is 18.9. The highest BCUT2D eigenvalue weighted by Gasteiger charge is 2.16. The maximum Gasteiger partial charge on any atom is 0.340 e. The lowest BCUT2D eigenvalue weighted by atomic mass is 10.1. The molecule has 0 saturated heterocycles. The summed E-state index contributed by atoms with van der Waals surface area (Å²) in [6.07, 6.45) is 0.760. The number of anilines is 1. The van der Waals surface area contributed by atoms with Crippen molar-refractivity contribution in [1.29, 1.82) is 0 Å². The molecule has 35 heavy (non-hydrogen) atoms. The molecule has 0 spiro atoms. The highest BCUT2D eigenvalue weighted by atomic mass is 16.5. The molecule has 1 heterocycles. The summed E-state index contributed by atoms with van der Waals surface area (Å²) in [5, 5.41) is 12.9. The van der Waals surface area contributed by atoms with Crippen LogP contribution in [0.3, 0.4) is 0 Å². The normalized spacial score (nSPS) is 10.7. The highest BCUT2D eigenvalue weighted by molar-refractivity contribution is 6.01. The minimum atomic E-state index is -0.656. The number of methoxy groups -OCH3 is 1. The summed E-state index contributed by atoms with van der Waals surface area (Å²) in [7, 11) is 1.59. The van der Waals surface area contributed by atoms with Gasteiger partial charge in [0, 0.05) is 29.5 Å². The van der Waals surface area contributed by atoms with Gasteiger partial charge in [-0.15, -0.1) is 0 Å². The molecule has 4 rings (SSSR count). The topological polar surface area (TPSA) is 115 Å². The molecule has 3 aromatic carbocycles. The van der Waals surface area contributed by atoms with Crippen LogP contribution in [0.2, 0.25) is 0 Å². The number of carbonyl (C=O) groups excluding carboxylic acids is 2. The number of aryl methyl sites for hydroxylation is 1. The second kappa shape index (κ2) is 10.6. The number of phenolic OH excluding ortho intramolecular Hbond substituents is 1. The van der Waals surface area contributed by atoms with Crippen molar-refractivity contribution >= 4 is 28.5 Å². The van der Waals surface area contributed by atoms with Gasteiger partial charge in [0.1, 0.15) is 23.7 Å². The molecule has 0 fully saturated rings. The number of hydrogen-bond acceptors (Lipinski definition) is 7. The van der Waals surface area contributed by atoms with Crippen molar-refractivity contribution in [3.8, 4) is 11.5 Å². The Bertz CT molecular complexity index is 1420. The second-order valence-corrected chi connectivity index (χ2v) is 7.79. The Morgan fingerprint density at radius 2 is 1.77 bits per heavy atom. The largest absolute Gasteiger partial charge is 0.508 e. The Morgan fingerprint density at radius 1 is 1.00 bits per heavy atom. The van der Waals surface area contributed by atoms with Crippen molar-refractivity contribution < 1.29 is 28.6 Å². The highest BCUT2D eigenvalue weighted by Crippen LogP contribution is 2.23. The Hall–Kier alpha value is -4.59. The van der Waals surface area contributed by atoms with E-state index in [0.29, 0.717) is 23.1 Å². The van der Waals surface area contributed by atoms with Crippen LogP contribution in [0.5, 0.6) is 11.5 Å². The molecule has 0 aliphatic carbocycles. The Kier molecular flexibility index (Phi) is 7.11. The monoisotopic (exact) mass is 473 g/mol. The molecular formula is C27H23NO7. The number of nitrogens with one attached hydrogen (secondary N) is 1. The Morgan fingerprint density at radius 3 is 2.54 bits per heavy atom. The molecule has 0 unspecified atom stereocenters. The number of ether oxygens (including phenoxy) is 2. The lowest BCUT2D eigenvalue weighted by Crippen LogP contribution is -2.16. The minimum absolute atomic E-state index is 0.0496. The van der Waals surface area contributed by atoms with Gasteiger partial charge in [0.15, 0.2) is 0 Å². The van der Waals surface area contributed by atoms with Crippen LogP contribution >= 0.6 is 0 Å². The van der Waals surface area contributed by atoms with E-state index in [0.717, 1.165) is 11.3 Å². The molecule has 2 N–H and O–H groups in total. The second-order valence-electron chi connectivity index (χ2n) is 7.79. The van der Waals surface area contributed by atoms with Gasteiger partial charge in [-0.1, -0.05) is 24.3 Å². The molecule has 8 heteroatoms. The third kappa shape index (κ3) is 5.86. The summed E-state index contributed by atoms with van der Waals surface area (Å²) >= 11 is 0. The first kappa shape index (κ1) is 23.6. The van der Waals surface area contributed by atoms with E-state index in [2.05, 4.69) is 5.32 Å². The zero-order valence-corrected chi connectivity index (χ0v) is 18.9. The fourth-order valence-corrected chi connectivity index (χ4v) is 3.59. The van der Waals surface area contributed by atoms with Crippen molar-refractivity contribution in [3.05, 3.63) is 99.9 Å². The van der Waals surface area contributed by atoms with Crippen LogP contribution in [0.1, 0.15) is 27.9 Å². The number of hydrogen-bond donors (Lipinski definition) is 2. The van der Waals surface area contributed by atoms with Gasteiger partial charge in [-0.2, -0.15) is 0 Å². The van der Waals surface area contributed by atoms with Gasteiger partial charge in [0.25, 0.3) is 0 Å².